The normalized spacial score (nSPS) is 26.9. The van der Waals surface area contributed by atoms with Gasteiger partial charge in [0, 0.05) is 39.6 Å². The minimum atomic E-state index is 0.125. The van der Waals surface area contributed by atoms with E-state index in [2.05, 4.69) is 15.1 Å². The predicted octanol–water partition coefficient (Wildman–Crippen LogP) is 0.650. The number of hydrogen-bond donors (Lipinski definition) is 1. The van der Waals surface area contributed by atoms with Crippen LogP contribution in [0.2, 0.25) is 0 Å². The van der Waals surface area contributed by atoms with Gasteiger partial charge in [-0.25, -0.2) is 0 Å². The van der Waals surface area contributed by atoms with Crippen LogP contribution in [0.1, 0.15) is 6.42 Å². The van der Waals surface area contributed by atoms with E-state index >= 15 is 0 Å². The van der Waals surface area contributed by atoms with Crippen molar-refractivity contribution in [2.24, 2.45) is 0 Å². The first-order chi connectivity index (χ1) is 7.35. The van der Waals surface area contributed by atoms with E-state index in [1.165, 1.54) is 0 Å². The fourth-order valence-corrected chi connectivity index (χ4v) is 2.03. The number of hydrogen-bond acceptors (Lipinski definition) is 4. The molecule has 0 saturated carbocycles. The summed E-state index contributed by atoms with van der Waals surface area (Å²) in [5.41, 5.74) is 0. The molecule has 2 rings (SSSR count). The highest BCUT2D eigenvalue weighted by molar-refractivity contribution is 5.37. The van der Waals surface area contributed by atoms with E-state index in [0.717, 1.165) is 25.3 Å². The van der Waals surface area contributed by atoms with Gasteiger partial charge in [-0.05, 0) is 6.42 Å². The number of aromatic amines is 1. The minimum Gasteiger partial charge on any atom is -0.379 e. The van der Waals surface area contributed by atoms with Crippen LogP contribution in [0.3, 0.4) is 0 Å². The van der Waals surface area contributed by atoms with Crippen LogP contribution in [0.4, 0.5) is 5.82 Å². The maximum atomic E-state index is 5.42. The molecule has 2 heterocycles. The summed E-state index contributed by atoms with van der Waals surface area (Å²) in [7, 11) is 3.46. The van der Waals surface area contributed by atoms with Gasteiger partial charge in [-0.3, -0.25) is 5.10 Å². The molecule has 0 bridgehead atoms. The average molecular weight is 211 g/mol. The van der Waals surface area contributed by atoms with Crippen LogP contribution in [-0.2, 0) is 9.47 Å². The first-order valence-corrected chi connectivity index (χ1v) is 5.15. The van der Waals surface area contributed by atoms with Crippen molar-refractivity contribution in [3.8, 4) is 0 Å². The van der Waals surface area contributed by atoms with E-state index < -0.39 is 0 Å². The molecule has 0 amide bonds. The molecule has 5 heteroatoms. The first-order valence-electron chi connectivity index (χ1n) is 5.15. The van der Waals surface area contributed by atoms with Crippen molar-refractivity contribution in [1.82, 2.24) is 10.2 Å². The third kappa shape index (κ3) is 2.13. The topological polar surface area (TPSA) is 50.4 Å². The molecule has 1 aromatic heterocycles. The van der Waals surface area contributed by atoms with Gasteiger partial charge in [0.25, 0.3) is 0 Å². The Morgan fingerprint density at radius 1 is 1.40 bits per heavy atom. The Hall–Kier alpha value is -1.07. The standard InChI is InChI=1S/C10H17N3O2/c1-14-8-4-6-13(7-9(8)15-2)10-3-5-11-12-10/h3,5,8-9H,4,6-7H2,1-2H3,(H,11,12)/t8-,9+/m1/s1. The highest BCUT2D eigenvalue weighted by atomic mass is 16.5. The van der Waals surface area contributed by atoms with Crippen LogP contribution in [0.25, 0.3) is 0 Å². The van der Waals surface area contributed by atoms with E-state index in [0.29, 0.717) is 0 Å². The molecule has 0 unspecified atom stereocenters. The molecule has 0 radical (unpaired) electrons. The van der Waals surface area contributed by atoms with Gasteiger partial charge in [-0.15, -0.1) is 0 Å². The fraction of sp³-hybridized carbons (Fsp3) is 0.700. The van der Waals surface area contributed by atoms with Crippen molar-refractivity contribution in [3.63, 3.8) is 0 Å². The van der Waals surface area contributed by atoms with Crippen molar-refractivity contribution in [1.29, 1.82) is 0 Å². The Kier molecular flexibility index (Phi) is 3.23. The van der Waals surface area contributed by atoms with E-state index in [-0.39, 0.29) is 12.2 Å². The number of aromatic nitrogens is 2. The number of anilines is 1. The zero-order valence-corrected chi connectivity index (χ0v) is 9.14. The molecule has 0 spiro atoms. The number of rotatable bonds is 3. The minimum absolute atomic E-state index is 0.125. The molecular weight excluding hydrogens is 194 g/mol. The Morgan fingerprint density at radius 3 is 2.80 bits per heavy atom. The second-order valence-corrected chi connectivity index (χ2v) is 3.72. The molecule has 1 fully saturated rings. The summed E-state index contributed by atoms with van der Waals surface area (Å²) in [5.74, 6) is 0.978. The van der Waals surface area contributed by atoms with E-state index in [1.807, 2.05) is 12.3 Å². The zero-order valence-electron chi connectivity index (χ0n) is 9.14. The number of methoxy groups -OCH3 is 2. The molecule has 5 nitrogen and oxygen atoms in total. The molecular formula is C10H17N3O2. The number of nitrogens with zero attached hydrogens (tertiary/aromatic N) is 2. The summed E-state index contributed by atoms with van der Waals surface area (Å²) < 4.78 is 10.8. The third-order valence-electron chi connectivity index (χ3n) is 2.91. The third-order valence-corrected chi connectivity index (χ3v) is 2.91. The Labute approximate surface area is 89.4 Å². The number of nitrogens with one attached hydrogen (secondary N) is 1. The lowest BCUT2D eigenvalue weighted by atomic mass is 10.0. The smallest absolute Gasteiger partial charge is 0.150 e. The molecule has 15 heavy (non-hydrogen) atoms. The van der Waals surface area contributed by atoms with Gasteiger partial charge in [0.05, 0.1) is 6.10 Å². The van der Waals surface area contributed by atoms with Gasteiger partial charge in [-0.1, -0.05) is 0 Å². The Morgan fingerprint density at radius 2 is 2.20 bits per heavy atom. The number of ether oxygens (including phenoxy) is 2. The summed E-state index contributed by atoms with van der Waals surface area (Å²) in [5, 5.41) is 6.99. The van der Waals surface area contributed by atoms with Crippen molar-refractivity contribution in [3.05, 3.63) is 12.3 Å². The van der Waals surface area contributed by atoms with Crippen LogP contribution in [0.5, 0.6) is 0 Å². The molecule has 1 saturated heterocycles. The van der Waals surface area contributed by atoms with Crippen molar-refractivity contribution >= 4 is 5.82 Å². The van der Waals surface area contributed by atoms with E-state index in [1.54, 1.807) is 14.2 Å². The monoisotopic (exact) mass is 211 g/mol. The van der Waals surface area contributed by atoms with Crippen LogP contribution < -0.4 is 4.90 Å². The predicted molar refractivity (Wildman–Crippen MR) is 57.0 cm³/mol. The highest BCUT2D eigenvalue weighted by Crippen LogP contribution is 2.20. The molecule has 1 aliphatic rings. The summed E-state index contributed by atoms with van der Waals surface area (Å²) >= 11 is 0. The highest BCUT2D eigenvalue weighted by Gasteiger charge is 2.29. The quantitative estimate of drug-likeness (QED) is 0.797. The van der Waals surface area contributed by atoms with Crippen LogP contribution in [0, 0.1) is 0 Å². The van der Waals surface area contributed by atoms with Crippen molar-refractivity contribution in [2.45, 2.75) is 18.6 Å². The largest absolute Gasteiger partial charge is 0.379 e. The van der Waals surface area contributed by atoms with Gasteiger partial charge < -0.3 is 14.4 Å². The van der Waals surface area contributed by atoms with Crippen molar-refractivity contribution in [2.75, 3.05) is 32.2 Å². The lowest BCUT2D eigenvalue weighted by Gasteiger charge is -2.36. The van der Waals surface area contributed by atoms with E-state index in [4.69, 9.17) is 9.47 Å². The number of piperidine rings is 1. The molecule has 0 aromatic carbocycles. The fourth-order valence-electron chi connectivity index (χ4n) is 2.03. The Balaban J connectivity index is 2.01. The average Bonchev–Trinajstić information content (AvgIpc) is 2.81. The Bertz CT molecular complexity index is 289. The molecule has 84 valence electrons. The lowest BCUT2D eigenvalue weighted by molar-refractivity contribution is -0.0442. The van der Waals surface area contributed by atoms with Gasteiger partial charge in [0.2, 0.25) is 0 Å². The zero-order chi connectivity index (χ0) is 10.7. The van der Waals surface area contributed by atoms with Gasteiger partial charge in [0.15, 0.2) is 0 Å². The van der Waals surface area contributed by atoms with Gasteiger partial charge in [0.1, 0.15) is 11.9 Å². The summed E-state index contributed by atoms with van der Waals surface area (Å²) in [4.78, 5) is 2.21. The number of H-pyrrole nitrogens is 1. The summed E-state index contributed by atoms with van der Waals surface area (Å²) in [6, 6.07) is 1.97. The van der Waals surface area contributed by atoms with Crippen LogP contribution in [0.15, 0.2) is 12.3 Å². The van der Waals surface area contributed by atoms with Crippen LogP contribution >= 0.6 is 0 Å². The lowest BCUT2D eigenvalue weighted by Crippen LogP contribution is -2.48. The van der Waals surface area contributed by atoms with Gasteiger partial charge >= 0.3 is 0 Å². The second-order valence-electron chi connectivity index (χ2n) is 3.72. The second kappa shape index (κ2) is 4.63. The first kappa shape index (κ1) is 10.4. The summed E-state index contributed by atoms with van der Waals surface area (Å²) in [6.45, 7) is 1.79. The molecule has 1 N–H and O–H groups in total. The SMILES string of the molecule is CO[C@H]1CN(c2cc[nH]n2)CC[C@H]1OC. The molecule has 1 aliphatic heterocycles. The summed E-state index contributed by atoms with van der Waals surface area (Å²) in [6.07, 6.45) is 3.13. The van der Waals surface area contributed by atoms with E-state index in [9.17, 15) is 0 Å². The van der Waals surface area contributed by atoms with Crippen molar-refractivity contribution < 1.29 is 9.47 Å². The maximum absolute atomic E-state index is 5.42. The molecule has 0 aliphatic carbocycles. The van der Waals surface area contributed by atoms with Gasteiger partial charge in [-0.2, -0.15) is 5.10 Å². The maximum Gasteiger partial charge on any atom is 0.150 e. The van der Waals surface area contributed by atoms with Crippen LogP contribution in [-0.4, -0.2) is 49.7 Å². The molecule has 2 atom stereocenters. The molecule has 1 aromatic rings.